The van der Waals surface area contributed by atoms with Crippen molar-refractivity contribution in [2.75, 3.05) is 30.4 Å². The van der Waals surface area contributed by atoms with Crippen LogP contribution in [0.25, 0.3) is 6.08 Å². The fourth-order valence-corrected chi connectivity index (χ4v) is 2.94. The van der Waals surface area contributed by atoms with Crippen LogP contribution in [-0.4, -0.2) is 31.1 Å². The Bertz CT molecular complexity index is 735. The maximum absolute atomic E-state index is 12.1. The molecule has 0 spiro atoms. The van der Waals surface area contributed by atoms with Gasteiger partial charge < -0.3 is 15.0 Å². The van der Waals surface area contributed by atoms with Crippen LogP contribution in [0.3, 0.4) is 0 Å². The highest BCUT2D eigenvalue weighted by atomic mass is 16.5. The molecule has 1 aromatic heterocycles. The SMILES string of the molecule is COc1ccccc1/C=C/C(=O)Nc1ccc(N2CCCCC2)cn1. The van der Waals surface area contributed by atoms with Gasteiger partial charge in [-0.05, 0) is 43.5 Å². The van der Waals surface area contributed by atoms with Gasteiger partial charge in [0.25, 0.3) is 0 Å². The van der Waals surface area contributed by atoms with E-state index in [1.807, 2.05) is 42.6 Å². The van der Waals surface area contributed by atoms with Crippen molar-refractivity contribution in [1.29, 1.82) is 0 Å². The molecule has 1 saturated heterocycles. The fourth-order valence-electron chi connectivity index (χ4n) is 2.94. The molecular formula is C20H23N3O2. The lowest BCUT2D eigenvalue weighted by Crippen LogP contribution is -2.29. The van der Waals surface area contributed by atoms with Crippen LogP contribution >= 0.6 is 0 Å². The number of para-hydroxylation sites is 1. The summed E-state index contributed by atoms with van der Waals surface area (Å²) in [6.45, 7) is 2.16. The number of amides is 1. The van der Waals surface area contributed by atoms with E-state index in [9.17, 15) is 4.79 Å². The zero-order valence-electron chi connectivity index (χ0n) is 14.4. The Balaban J connectivity index is 1.60. The molecule has 25 heavy (non-hydrogen) atoms. The van der Waals surface area contributed by atoms with Crippen LogP contribution in [0.2, 0.25) is 0 Å². The Hall–Kier alpha value is -2.82. The Morgan fingerprint density at radius 3 is 2.68 bits per heavy atom. The van der Waals surface area contributed by atoms with Gasteiger partial charge >= 0.3 is 0 Å². The Morgan fingerprint density at radius 2 is 1.96 bits per heavy atom. The molecular weight excluding hydrogens is 314 g/mol. The number of benzene rings is 1. The first kappa shape index (κ1) is 17.0. The minimum atomic E-state index is -0.218. The second-order valence-electron chi connectivity index (χ2n) is 6.01. The van der Waals surface area contributed by atoms with E-state index < -0.39 is 0 Å². The van der Waals surface area contributed by atoms with Crippen molar-refractivity contribution in [3.8, 4) is 5.75 Å². The largest absolute Gasteiger partial charge is 0.496 e. The molecule has 0 aliphatic carbocycles. The molecule has 1 N–H and O–H groups in total. The van der Waals surface area contributed by atoms with Crippen molar-refractivity contribution in [3.05, 3.63) is 54.2 Å². The molecule has 1 aromatic carbocycles. The van der Waals surface area contributed by atoms with E-state index >= 15 is 0 Å². The summed E-state index contributed by atoms with van der Waals surface area (Å²) >= 11 is 0. The molecule has 130 valence electrons. The zero-order chi connectivity index (χ0) is 17.5. The van der Waals surface area contributed by atoms with Crippen LogP contribution in [0.1, 0.15) is 24.8 Å². The van der Waals surface area contributed by atoms with Crippen molar-refractivity contribution in [2.45, 2.75) is 19.3 Å². The number of carbonyl (C=O) groups excluding carboxylic acids is 1. The zero-order valence-corrected chi connectivity index (χ0v) is 14.4. The third-order valence-corrected chi connectivity index (χ3v) is 4.27. The lowest BCUT2D eigenvalue weighted by atomic mass is 10.1. The van der Waals surface area contributed by atoms with Gasteiger partial charge in [0, 0.05) is 24.7 Å². The van der Waals surface area contributed by atoms with Crippen LogP contribution in [0.4, 0.5) is 11.5 Å². The third kappa shape index (κ3) is 4.59. The van der Waals surface area contributed by atoms with E-state index in [4.69, 9.17) is 4.74 Å². The third-order valence-electron chi connectivity index (χ3n) is 4.27. The van der Waals surface area contributed by atoms with E-state index in [1.165, 1.54) is 25.3 Å². The molecule has 0 bridgehead atoms. The van der Waals surface area contributed by atoms with Crippen molar-refractivity contribution < 1.29 is 9.53 Å². The summed E-state index contributed by atoms with van der Waals surface area (Å²) in [5, 5.41) is 2.78. The van der Waals surface area contributed by atoms with Gasteiger partial charge in [-0.25, -0.2) is 4.98 Å². The maximum Gasteiger partial charge on any atom is 0.249 e. The van der Waals surface area contributed by atoms with Gasteiger partial charge in [-0.3, -0.25) is 4.79 Å². The molecule has 1 aliphatic rings. The second kappa shape index (κ2) is 8.33. The molecule has 1 fully saturated rings. The number of methoxy groups -OCH3 is 1. The van der Waals surface area contributed by atoms with E-state index in [-0.39, 0.29) is 5.91 Å². The smallest absolute Gasteiger partial charge is 0.249 e. The molecule has 5 nitrogen and oxygen atoms in total. The molecule has 0 unspecified atom stereocenters. The maximum atomic E-state index is 12.1. The Morgan fingerprint density at radius 1 is 1.16 bits per heavy atom. The summed E-state index contributed by atoms with van der Waals surface area (Å²) in [5.74, 6) is 1.06. The molecule has 1 amide bonds. The number of aromatic nitrogens is 1. The van der Waals surface area contributed by atoms with E-state index in [1.54, 1.807) is 13.2 Å². The van der Waals surface area contributed by atoms with E-state index in [0.29, 0.717) is 5.82 Å². The van der Waals surface area contributed by atoms with Gasteiger partial charge in [0.2, 0.25) is 5.91 Å². The van der Waals surface area contributed by atoms with Gasteiger partial charge in [0.1, 0.15) is 11.6 Å². The van der Waals surface area contributed by atoms with E-state index in [0.717, 1.165) is 30.1 Å². The summed E-state index contributed by atoms with van der Waals surface area (Å²) in [4.78, 5) is 18.8. The topological polar surface area (TPSA) is 54.5 Å². The number of pyridine rings is 1. The van der Waals surface area contributed by atoms with E-state index in [2.05, 4.69) is 15.2 Å². The number of rotatable bonds is 5. The monoisotopic (exact) mass is 337 g/mol. The minimum Gasteiger partial charge on any atom is -0.496 e. The number of piperidine rings is 1. The van der Waals surface area contributed by atoms with Gasteiger partial charge in [0.15, 0.2) is 0 Å². The van der Waals surface area contributed by atoms with Gasteiger partial charge in [-0.15, -0.1) is 0 Å². The van der Waals surface area contributed by atoms with Crippen molar-refractivity contribution in [1.82, 2.24) is 4.98 Å². The number of hydrogen-bond donors (Lipinski definition) is 1. The molecule has 3 rings (SSSR count). The predicted octanol–water partition coefficient (Wildman–Crippen LogP) is 3.73. The van der Waals surface area contributed by atoms with Crippen LogP contribution < -0.4 is 15.0 Å². The standard InChI is InChI=1S/C20H23N3O2/c1-25-18-8-4-3-7-16(18)9-12-20(24)22-19-11-10-17(15-21-19)23-13-5-2-6-14-23/h3-4,7-12,15H,2,5-6,13-14H2,1H3,(H,21,22,24)/b12-9+. The first-order chi connectivity index (χ1) is 12.3. The molecule has 2 heterocycles. The van der Waals surface area contributed by atoms with Crippen LogP contribution in [-0.2, 0) is 4.79 Å². The molecule has 1 aliphatic heterocycles. The highest BCUT2D eigenvalue weighted by Crippen LogP contribution is 2.20. The summed E-state index contributed by atoms with van der Waals surface area (Å²) in [5.41, 5.74) is 1.97. The summed E-state index contributed by atoms with van der Waals surface area (Å²) in [6.07, 6.45) is 8.80. The van der Waals surface area contributed by atoms with Crippen molar-refractivity contribution in [2.24, 2.45) is 0 Å². The second-order valence-corrected chi connectivity index (χ2v) is 6.01. The van der Waals surface area contributed by atoms with Crippen LogP contribution in [0, 0.1) is 0 Å². The lowest BCUT2D eigenvalue weighted by molar-refractivity contribution is -0.111. The summed E-state index contributed by atoms with van der Waals surface area (Å²) < 4.78 is 5.27. The number of nitrogens with one attached hydrogen (secondary N) is 1. The molecule has 2 aromatic rings. The number of anilines is 2. The van der Waals surface area contributed by atoms with Gasteiger partial charge in [0.05, 0.1) is 19.0 Å². The first-order valence-corrected chi connectivity index (χ1v) is 8.59. The lowest BCUT2D eigenvalue weighted by Gasteiger charge is -2.28. The van der Waals surface area contributed by atoms with Crippen molar-refractivity contribution >= 4 is 23.5 Å². The minimum absolute atomic E-state index is 0.218. The van der Waals surface area contributed by atoms with Gasteiger partial charge in [-0.2, -0.15) is 0 Å². The first-order valence-electron chi connectivity index (χ1n) is 8.59. The Labute approximate surface area is 148 Å². The highest BCUT2D eigenvalue weighted by Gasteiger charge is 2.11. The Kier molecular flexibility index (Phi) is 5.67. The van der Waals surface area contributed by atoms with Crippen LogP contribution in [0.15, 0.2) is 48.7 Å². The normalized spacial score (nSPS) is 14.5. The molecule has 0 radical (unpaired) electrons. The quantitative estimate of drug-likeness (QED) is 0.845. The highest BCUT2D eigenvalue weighted by molar-refractivity contribution is 6.01. The number of ether oxygens (including phenoxy) is 1. The van der Waals surface area contributed by atoms with Crippen molar-refractivity contribution in [3.63, 3.8) is 0 Å². The molecule has 5 heteroatoms. The average Bonchev–Trinajstić information content (AvgIpc) is 2.68. The van der Waals surface area contributed by atoms with Gasteiger partial charge in [-0.1, -0.05) is 18.2 Å². The number of carbonyl (C=O) groups is 1. The molecule has 0 saturated carbocycles. The average molecular weight is 337 g/mol. The fraction of sp³-hybridized carbons (Fsp3) is 0.300. The molecule has 0 atom stereocenters. The summed E-state index contributed by atoms with van der Waals surface area (Å²) in [6, 6.07) is 11.4. The predicted molar refractivity (Wildman–Crippen MR) is 101 cm³/mol. The number of nitrogens with zero attached hydrogens (tertiary/aromatic N) is 2. The number of hydrogen-bond acceptors (Lipinski definition) is 4. The summed E-state index contributed by atoms with van der Waals surface area (Å²) in [7, 11) is 1.61. The van der Waals surface area contributed by atoms with Crippen LogP contribution in [0.5, 0.6) is 5.75 Å².